The first-order valence-electron chi connectivity index (χ1n) is 6.80. The maximum Gasteiger partial charge on any atom is 0.224 e. The Morgan fingerprint density at radius 1 is 1.44 bits per heavy atom. The fourth-order valence-corrected chi connectivity index (χ4v) is 2.34. The molecule has 3 nitrogen and oxygen atoms in total. The Morgan fingerprint density at radius 3 is 2.89 bits per heavy atom. The van der Waals surface area contributed by atoms with Crippen LogP contribution in [0.2, 0.25) is 0 Å². The van der Waals surface area contributed by atoms with Crippen molar-refractivity contribution in [3.8, 4) is 0 Å². The summed E-state index contributed by atoms with van der Waals surface area (Å²) in [7, 11) is 0. The first kappa shape index (κ1) is 13.1. The molecule has 1 amide bonds. The summed E-state index contributed by atoms with van der Waals surface area (Å²) in [5.41, 5.74) is 1.33. The van der Waals surface area contributed by atoms with Crippen LogP contribution >= 0.6 is 0 Å². The highest BCUT2D eigenvalue weighted by molar-refractivity contribution is 5.79. The largest absolute Gasteiger partial charge is 0.353 e. The Morgan fingerprint density at radius 2 is 2.22 bits per heavy atom. The second kappa shape index (κ2) is 6.55. The van der Waals surface area contributed by atoms with E-state index in [-0.39, 0.29) is 17.9 Å². The van der Waals surface area contributed by atoms with E-state index in [1.165, 1.54) is 5.56 Å². The van der Waals surface area contributed by atoms with Crippen LogP contribution in [0.5, 0.6) is 0 Å². The normalized spacial score (nSPS) is 20.6. The van der Waals surface area contributed by atoms with E-state index in [4.69, 9.17) is 0 Å². The van der Waals surface area contributed by atoms with Gasteiger partial charge in [0.1, 0.15) is 0 Å². The minimum Gasteiger partial charge on any atom is -0.353 e. The highest BCUT2D eigenvalue weighted by Gasteiger charge is 2.23. The summed E-state index contributed by atoms with van der Waals surface area (Å²) in [6.07, 6.45) is 2.98. The van der Waals surface area contributed by atoms with Crippen molar-refractivity contribution in [1.29, 1.82) is 0 Å². The number of hydrogen-bond donors (Lipinski definition) is 2. The predicted octanol–water partition coefficient (Wildman–Crippen LogP) is 1.73. The highest BCUT2D eigenvalue weighted by atomic mass is 16.2. The molecule has 1 aliphatic rings. The average Bonchev–Trinajstić information content (AvgIpc) is 2.91. The Labute approximate surface area is 109 Å². The van der Waals surface area contributed by atoms with E-state index in [1.54, 1.807) is 0 Å². The van der Waals surface area contributed by atoms with Gasteiger partial charge in [-0.3, -0.25) is 4.79 Å². The number of benzene rings is 1. The predicted molar refractivity (Wildman–Crippen MR) is 73.3 cm³/mol. The molecule has 1 saturated heterocycles. The molecule has 1 aromatic carbocycles. The summed E-state index contributed by atoms with van der Waals surface area (Å²) in [5, 5.41) is 6.34. The SMILES string of the molecule is CC(CCc1ccccc1)NC(=O)C1CCNC1. The number of aryl methyl sites for hydroxylation is 1. The maximum absolute atomic E-state index is 11.9. The van der Waals surface area contributed by atoms with Crippen molar-refractivity contribution >= 4 is 5.91 Å². The minimum absolute atomic E-state index is 0.171. The first-order valence-corrected chi connectivity index (χ1v) is 6.80. The lowest BCUT2D eigenvalue weighted by atomic mass is 10.0. The minimum atomic E-state index is 0.171. The fraction of sp³-hybridized carbons (Fsp3) is 0.533. The third-order valence-electron chi connectivity index (χ3n) is 3.53. The van der Waals surface area contributed by atoms with Crippen molar-refractivity contribution in [2.45, 2.75) is 32.2 Å². The molecule has 0 saturated carbocycles. The van der Waals surface area contributed by atoms with Crippen LogP contribution in [-0.2, 0) is 11.2 Å². The molecule has 1 fully saturated rings. The van der Waals surface area contributed by atoms with Crippen LogP contribution in [0.15, 0.2) is 30.3 Å². The van der Waals surface area contributed by atoms with Gasteiger partial charge in [-0.25, -0.2) is 0 Å². The smallest absolute Gasteiger partial charge is 0.224 e. The van der Waals surface area contributed by atoms with Gasteiger partial charge in [-0.15, -0.1) is 0 Å². The van der Waals surface area contributed by atoms with Crippen LogP contribution in [0.1, 0.15) is 25.3 Å². The molecule has 2 rings (SSSR count). The summed E-state index contributed by atoms with van der Waals surface area (Å²) in [6.45, 7) is 3.89. The molecule has 98 valence electrons. The first-order chi connectivity index (χ1) is 8.75. The second-order valence-corrected chi connectivity index (χ2v) is 5.12. The highest BCUT2D eigenvalue weighted by Crippen LogP contribution is 2.09. The monoisotopic (exact) mass is 246 g/mol. The van der Waals surface area contributed by atoms with Gasteiger partial charge in [0.2, 0.25) is 5.91 Å². The average molecular weight is 246 g/mol. The van der Waals surface area contributed by atoms with Gasteiger partial charge in [-0.1, -0.05) is 30.3 Å². The fourth-order valence-electron chi connectivity index (χ4n) is 2.34. The molecular formula is C15H22N2O. The lowest BCUT2D eigenvalue weighted by Gasteiger charge is -2.16. The Balaban J connectivity index is 1.71. The summed E-state index contributed by atoms with van der Waals surface area (Å²) < 4.78 is 0. The summed E-state index contributed by atoms with van der Waals surface area (Å²) in [4.78, 5) is 11.9. The van der Waals surface area contributed by atoms with Gasteiger partial charge in [0.15, 0.2) is 0 Å². The van der Waals surface area contributed by atoms with Gasteiger partial charge in [0.25, 0.3) is 0 Å². The van der Waals surface area contributed by atoms with Crippen molar-refractivity contribution in [2.24, 2.45) is 5.92 Å². The van der Waals surface area contributed by atoms with Crippen LogP contribution in [0.4, 0.5) is 0 Å². The van der Waals surface area contributed by atoms with Crippen LogP contribution < -0.4 is 10.6 Å². The molecule has 3 heteroatoms. The number of rotatable bonds is 5. The van der Waals surface area contributed by atoms with Crippen molar-refractivity contribution in [1.82, 2.24) is 10.6 Å². The van der Waals surface area contributed by atoms with Crippen molar-refractivity contribution in [3.05, 3.63) is 35.9 Å². The summed E-state index contributed by atoms with van der Waals surface area (Å²) in [5.74, 6) is 0.379. The van der Waals surface area contributed by atoms with Crippen LogP contribution in [-0.4, -0.2) is 25.0 Å². The van der Waals surface area contributed by atoms with Crippen LogP contribution in [0.3, 0.4) is 0 Å². The van der Waals surface area contributed by atoms with Crippen molar-refractivity contribution in [2.75, 3.05) is 13.1 Å². The molecule has 2 atom stereocenters. The van der Waals surface area contributed by atoms with Gasteiger partial charge in [-0.2, -0.15) is 0 Å². The number of hydrogen-bond acceptors (Lipinski definition) is 2. The third kappa shape index (κ3) is 3.84. The molecule has 1 heterocycles. The molecule has 1 aliphatic heterocycles. The van der Waals surface area contributed by atoms with E-state index in [1.807, 2.05) is 6.07 Å². The zero-order chi connectivity index (χ0) is 12.8. The number of amides is 1. The van der Waals surface area contributed by atoms with Crippen molar-refractivity contribution < 1.29 is 4.79 Å². The lowest BCUT2D eigenvalue weighted by Crippen LogP contribution is -2.38. The van der Waals surface area contributed by atoms with Crippen LogP contribution in [0, 0.1) is 5.92 Å². The molecular weight excluding hydrogens is 224 g/mol. The van der Waals surface area contributed by atoms with Crippen molar-refractivity contribution in [3.63, 3.8) is 0 Å². The third-order valence-corrected chi connectivity index (χ3v) is 3.53. The van der Waals surface area contributed by atoms with Gasteiger partial charge < -0.3 is 10.6 Å². The Kier molecular flexibility index (Phi) is 4.76. The standard InChI is InChI=1S/C15H22N2O/c1-12(7-8-13-5-3-2-4-6-13)17-15(18)14-9-10-16-11-14/h2-6,12,14,16H,7-11H2,1H3,(H,17,18). The summed E-state index contributed by atoms with van der Waals surface area (Å²) >= 11 is 0. The van der Waals surface area contributed by atoms with E-state index in [9.17, 15) is 4.79 Å². The quantitative estimate of drug-likeness (QED) is 0.831. The molecule has 1 aromatic rings. The molecule has 0 aromatic heterocycles. The topological polar surface area (TPSA) is 41.1 Å². The molecule has 2 N–H and O–H groups in total. The molecule has 2 unspecified atom stereocenters. The van der Waals surface area contributed by atoms with Gasteiger partial charge in [0.05, 0.1) is 5.92 Å². The van der Waals surface area contributed by atoms with Gasteiger partial charge >= 0.3 is 0 Å². The van der Waals surface area contributed by atoms with E-state index in [2.05, 4.69) is 41.8 Å². The Hall–Kier alpha value is -1.35. The maximum atomic E-state index is 11.9. The van der Waals surface area contributed by atoms with E-state index in [0.29, 0.717) is 0 Å². The molecule has 0 spiro atoms. The Bertz CT molecular complexity index is 371. The number of carbonyl (C=O) groups is 1. The van der Waals surface area contributed by atoms with E-state index < -0.39 is 0 Å². The molecule has 0 radical (unpaired) electrons. The second-order valence-electron chi connectivity index (χ2n) is 5.12. The number of nitrogens with one attached hydrogen (secondary N) is 2. The number of carbonyl (C=O) groups excluding carboxylic acids is 1. The van der Waals surface area contributed by atoms with Gasteiger partial charge in [-0.05, 0) is 38.3 Å². The molecule has 18 heavy (non-hydrogen) atoms. The van der Waals surface area contributed by atoms with Gasteiger partial charge in [0, 0.05) is 12.6 Å². The molecule has 0 aliphatic carbocycles. The molecule has 0 bridgehead atoms. The zero-order valence-electron chi connectivity index (χ0n) is 11.0. The van der Waals surface area contributed by atoms with E-state index >= 15 is 0 Å². The zero-order valence-corrected chi connectivity index (χ0v) is 11.0. The van der Waals surface area contributed by atoms with E-state index in [0.717, 1.165) is 32.4 Å². The van der Waals surface area contributed by atoms with Crippen LogP contribution in [0.25, 0.3) is 0 Å². The summed E-state index contributed by atoms with van der Waals surface area (Å²) in [6, 6.07) is 10.7. The lowest BCUT2D eigenvalue weighted by molar-refractivity contribution is -0.125.